The zero-order chi connectivity index (χ0) is 10.3. The van der Waals surface area contributed by atoms with Crippen molar-refractivity contribution >= 4 is 29.5 Å². The molecule has 4 nitrogen and oxygen atoms in total. The number of para-hydroxylation sites is 1. The Kier molecular flexibility index (Phi) is 3.00. The lowest BCUT2D eigenvalue weighted by Gasteiger charge is -1.99. The Hall–Kier alpha value is -1.55. The van der Waals surface area contributed by atoms with Crippen molar-refractivity contribution in [3.8, 4) is 0 Å². The Balaban J connectivity index is 0.00000112. The molecule has 0 aliphatic heterocycles. The standard InChI is InChI=1S/C10H11N3O.ClH/c1-6-4-3-5-8-9(6)12-7(2)13(8)10(11)14;/h3-5H,1-2H3,(H2,11,14);1H. The first-order valence-corrected chi connectivity index (χ1v) is 4.35. The van der Waals surface area contributed by atoms with Gasteiger partial charge in [0, 0.05) is 0 Å². The van der Waals surface area contributed by atoms with Crippen molar-refractivity contribution in [2.75, 3.05) is 0 Å². The number of primary amides is 1. The van der Waals surface area contributed by atoms with Gasteiger partial charge in [0.05, 0.1) is 11.0 Å². The van der Waals surface area contributed by atoms with Crippen molar-refractivity contribution in [3.05, 3.63) is 29.6 Å². The third-order valence-corrected chi connectivity index (χ3v) is 2.27. The van der Waals surface area contributed by atoms with E-state index in [2.05, 4.69) is 4.98 Å². The van der Waals surface area contributed by atoms with Crippen LogP contribution in [-0.2, 0) is 0 Å². The fourth-order valence-corrected chi connectivity index (χ4v) is 1.63. The zero-order valence-corrected chi connectivity index (χ0v) is 9.34. The lowest BCUT2D eigenvalue weighted by Crippen LogP contribution is -2.20. The van der Waals surface area contributed by atoms with E-state index in [-0.39, 0.29) is 12.4 Å². The first-order valence-electron chi connectivity index (χ1n) is 4.35. The molecule has 2 aromatic rings. The molecule has 2 rings (SSSR count). The number of nitrogens with two attached hydrogens (primary N) is 1. The highest BCUT2D eigenvalue weighted by atomic mass is 35.5. The monoisotopic (exact) mass is 225 g/mol. The SMILES string of the molecule is Cc1cccc2c1nc(C)n2C(N)=O.Cl. The van der Waals surface area contributed by atoms with E-state index in [1.807, 2.05) is 25.1 Å². The molecule has 1 aromatic carbocycles. The molecule has 15 heavy (non-hydrogen) atoms. The molecule has 0 radical (unpaired) electrons. The van der Waals surface area contributed by atoms with E-state index in [1.54, 1.807) is 6.92 Å². The van der Waals surface area contributed by atoms with Crippen LogP contribution in [0.5, 0.6) is 0 Å². The fraction of sp³-hybridized carbons (Fsp3) is 0.200. The van der Waals surface area contributed by atoms with Gasteiger partial charge in [-0.3, -0.25) is 0 Å². The number of hydrogen-bond acceptors (Lipinski definition) is 2. The summed E-state index contributed by atoms with van der Waals surface area (Å²) in [5.74, 6) is 0.627. The van der Waals surface area contributed by atoms with Gasteiger partial charge in [-0.1, -0.05) is 12.1 Å². The van der Waals surface area contributed by atoms with Gasteiger partial charge in [0.1, 0.15) is 5.82 Å². The van der Waals surface area contributed by atoms with E-state index in [1.165, 1.54) is 4.57 Å². The van der Waals surface area contributed by atoms with E-state index in [9.17, 15) is 4.79 Å². The van der Waals surface area contributed by atoms with Gasteiger partial charge in [0.2, 0.25) is 0 Å². The van der Waals surface area contributed by atoms with Crippen LogP contribution in [0.2, 0.25) is 0 Å². The van der Waals surface area contributed by atoms with Crippen LogP contribution < -0.4 is 5.73 Å². The topological polar surface area (TPSA) is 60.9 Å². The molecule has 0 saturated heterocycles. The highest BCUT2D eigenvalue weighted by Crippen LogP contribution is 2.18. The van der Waals surface area contributed by atoms with E-state index < -0.39 is 6.03 Å². The molecule has 1 amide bonds. The molecule has 1 heterocycles. The maximum atomic E-state index is 11.2. The number of halogens is 1. The Morgan fingerprint density at radius 1 is 1.40 bits per heavy atom. The maximum Gasteiger partial charge on any atom is 0.324 e. The van der Waals surface area contributed by atoms with Crippen LogP contribution in [0.3, 0.4) is 0 Å². The Morgan fingerprint density at radius 3 is 2.67 bits per heavy atom. The summed E-state index contributed by atoms with van der Waals surface area (Å²) in [6, 6.07) is 5.20. The Bertz CT molecular complexity index is 519. The van der Waals surface area contributed by atoms with Gasteiger partial charge in [-0.2, -0.15) is 0 Å². The van der Waals surface area contributed by atoms with Crippen LogP contribution in [0.4, 0.5) is 4.79 Å². The minimum atomic E-state index is -0.490. The predicted molar refractivity (Wildman–Crippen MR) is 61.4 cm³/mol. The summed E-state index contributed by atoms with van der Waals surface area (Å²) in [7, 11) is 0. The number of fused-ring (bicyclic) bond motifs is 1. The fourth-order valence-electron chi connectivity index (χ4n) is 1.63. The highest BCUT2D eigenvalue weighted by Gasteiger charge is 2.11. The number of imidazole rings is 1. The molecule has 0 fully saturated rings. The van der Waals surface area contributed by atoms with E-state index in [0.29, 0.717) is 5.82 Å². The number of carbonyl (C=O) groups excluding carboxylic acids is 1. The summed E-state index contributed by atoms with van der Waals surface area (Å²) < 4.78 is 1.42. The largest absolute Gasteiger partial charge is 0.351 e. The van der Waals surface area contributed by atoms with Gasteiger partial charge in [0.15, 0.2) is 0 Å². The van der Waals surface area contributed by atoms with Crippen LogP contribution in [0.1, 0.15) is 11.4 Å². The van der Waals surface area contributed by atoms with Crippen LogP contribution >= 0.6 is 12.4 Å². The molecule has 0 aliphatic carbocycles. The van der Waals surface area contributed by atoms with Crippen molar-refractivity contribution < 1.29 is 4.79 Å². The van der Waals surface area contributed by atoms with Crippen LogP contribution in [0.15, 0.2) is 18.2 Å². The van der Waals surface area contributed by atoms with Gasteiger partial charge in [-0.15, -0.1) is 12.4 Å². The maximum absolute atomic E-state index is 11.2. The second-order valence-corrected chi connectivity index (χ2v) is 3.28. The lowest BCUT2D eigenvalue weighted by atomic mass is 10.2. The molecule has 0 unspecified atom stereocenters. The van der Waals surface area contributed by atoms with Crippen molar-refractivity contribution in [1.82, 2.24) is 9.55 Å². The van der Waals surface area contributed by atoms with E-state index in [0.717, 1.165) is 16.6 Å². The third kappa shape index (κ3) is 1.68. The quantitative estimate of drug-likeness (QED) is 0.746. The van der Waals surface area contributed by atoms with Gasteiger partial charge in [-0.05, 0) is 25.5 Å². The molecule has 0 spiro atoms. The first kappa shape index (κ1) is 11.5. The van der Waals surface area contributed by atoms with Gasteiger partial charge >= 0.3 is 6.03 Å². The molecule has 0 bridgehead atoms. The molecule has 1 aromatic heterocycles. The molecule has 0 aliphatic rings. The molecule has 0 saturated carbocycles. The Labute approximate surface area is 93.5 Å². The number of hydrogen-bond donors (Lipinski definition) is 1. The normalized spacial score (nSPS) is 10.0. The summed E-state index contributed by atoms with van der Waals surface area (Å²) in [4.78, 5) is 15.4. The summed E-state index contributed by atoms with van der Waals surface area (Å²) in [5, 5.41) is 0. The second kappa shape index (κ2) is 3.90. The van der Waals surface area contributed by atoms with Gasteiger partial charge in [-0.25, -0.2) is 14.3 Å². The van der Waals surface area contributed by atoms with E-state index >= 15 is 0 Å². The average Bonchev–Trinajstić information content (AvgIpc) is 2.42. The first-order chi connectivity index (χ1) is 6.61. The summed E-state index contributed by atoms with van der Waals surface area (Å²) in [6.45, 7) is 3.73. The number of rotatable bonds is 0. The van der Waals surface area contributed by atoms with Gasteiger partial charge in [0.25, 0.3) is 0 Å². The second-order valence-electron chi connectivity index (χ2n) is 3.28. The number of amides is 1. The minimum absolute atomic E-state index is 0. The number of aromatic nitrogens is 2. The number of nitrogens with zero attached hydrogens (tertiary/aromatic N) is 2. The number of carbonyl (C=O) groups is 1. The minimum Gasteiger partial charge on any atom is -0.351 e. The summed E-state index contributed by atoms with van der Waals surface area (Å²) >= 11 is 0. The van der Waals surface area contributed by atoms with Crippen molar-refractivity contribution in [3.63, 3.8) is 0 Å². The van der Waals surface area contributed by atoms with E-state index in [4.69, 9.17) is 5.73 Å². The smallest absolute Gasteiger partial charge is 0.324 e. The molecule has 0 atom stereocenters. The van der Waals surface area contributed by atoms with Crippen LogP contribution in [-0.4, -0.2) is 15.6 Å². The molecule has 5 heteroatoms. The van der Waals surface area contributed by atoms with Crippen molar-refractivity contribution in [1.29, 1.82) is 0 Å². The Morgan fingerprint density at radius 2 is 2.07 bits per heavy atom. The summed E-state index contributed by atoms with van der Waals surface area (Å²) in [5.41, 5.74) is 7.92. The van der Waals surface area contributed by atoms with Crippen LogP contribution in [0, 0.1) is 13.8 Å². The summed E-state index contributed by atoms with van der Waals surface area (Å²) in [6.07, 6.45) is 0. The molecule has 80 valence electrons. The lowest BCUT2D eigenvalue weighted by molar-refractivity contribution is 0.250. The molecular weight excluding hydrogens is 214 g/mol. The number of benzene rings is 1. The molecular formula is C10H12ClN3O. The zero-order valence-electron chi connectivity index (χ0n) is 8.52. The highest BCUT2D eigenvalue weighted by molar-refractivity contribution is 5.90. The van der Waals surface area contributed by atoms with Crippen molar-refractivity contribution in [2.24, 2.45) is 5.73 Å². The number of aryl methyl sites for hydroxylation is 2. The third-order valence-electron chi connectivity index (χ3n) is 2.27. The predicted octanol–water partition coefficient (Wildman–Crippen LogP) is 2.00. The van der Waals surface area contributed by atoms with Gasteiger partial charge < -0.3 is 5.73 Å². The van der Waals surface area contributed by atoms with Crippen LogP contribution in [0.25, 0.3) is 11.0 Å². The average molecular weight is 226 g/mol. The molecule has 2 N–H and O–H groups in total. The van der Waals surface area contributed by atoms with Crippen molar-refractivity contribution in [2.45, 2.75) is 13.8 Å².